The van der Waals surface area contributed by atoms with E-state index in [9.17, 15) is 0 Å². The summed E-state index contributed by atoms with van der Waals surface area (Å²) in [7, 11) is 1.74. The third kappa shape index (κ3) is 6.55. The lowest BCUT2D eigenvalue weighted by Crippen LogP contribution is -2.16. The number of methoxy groups -OCH3 is 1. The molecule has 84 valence electrons. The molecule has 2 nitrogen and oxygen atoms in total. The summed E-state index contributed by atoms with van der Waals surface area (Å²) in [6, 6.07) is 10.5. The lowest BCUT2D eigenvalue weighted by atomic mass is 10.2. The molecular weight excluding hydrogens is 206 g/mol. The molecule has 0 amide bonds. The van der Waals surface area contributed by atoms with Crippen LogP contribution in [0.15, 0.2) is 30.3 Å². The van der Waals surface area contributed by atoms with Gasteiger partial charge in [0.05, 0.1) is 6.61 Å². The van der Waals surface area contributed by atoms with Crippen molar-refractivity contribution in [1.82, 2.24) is 5.32 Å². The van der Waals surface area contributed by atoms with Crippen LogP contribution in [-0.4, -0.2) is 31.8 Å². The Kier molecular flexibility index (Phi) is 7.34. The van der Waals surface area contributed by atoms with Crippen molar-refractivity contribution < 1.29 is 4.74 Å². The summed E-state index contributed by atoms with van der Waals surface area (Å²) in [5.41, 5.74) is 1.35. The minimum atomic E-state index is 0.851. The molecule has 0 bridgehead atoms. The van der Waals surface area contributed by atoms with E-state index in [1.165, 1.54) is 5.56 Å². The Hall–Kier alpha value is -0.510. The number of hydrogen-bond donors (Lipinski definition) is 1. The van der Waals surface area contributed by atoms with Crippen LogP contribution >= 0.6 is 11.8 Å². The van der Waals surface area contributed by atoms with E-state index in [0.717, 1.165) is 31.2 Å². The maximum absolute atomic E-state index is 4.98. The number of hydrogen-bond acceptors (Lipinski definition) is 3. The molecule has 1 aromatic rings. The first-order valence-electron chi connectivity index (χ1n) is 5.25. The summed E-state index contributed by atoms with van der Waals surface area (Å²) in [5, 5.41) is 3.42. The lowest BCUT2D eigenvalue weighted by molar-refractivity contribution is 0.218. The molecule has 0 aliphatic heterocycles. The van der Waals surface area contributed by atoms with Gasteiger partial charge in [-0.2, -0.15) is 11.8 Å². The Morgan fingerprint density at radius 3 is 2.73 bits per heavy atom. The predicted molar refractivity (Wildman–Crippen MR) is 67.3 cm³/mol. The van der Waals surface area contributed by atoms with E-state index in [-0.39, 0.29) is 0 Å². The summed E-state index contributed by atoms with van der Waals surface area (Å²) < 4.78 is 4.98. The predicted octanol–water partition coefficient (Wildman–Crippen LogP) is 2.16. The maximum atomic E-state index is 4.98. The fraction of sp³-hybridized carbons (Fsp3) is 0.500. The second kappa shape index (κ2) is 8.77. The number of benzene rings is 1. The fourth-order valence-corrected chi connectivity index (χ4v) is 1.99. The average molecular weight is 225 g/mol. The molecule has 0 aliphatic rings. The summed E-state index contributed by atoms with van der Waals surface area (Å²) in [5.74, 6) is 2.24. The van der Waals surface area contributed by atoms with Crippen molar-refractivity contribution >= 4 is 11.8 Å². The van der Waals surface area contributed by atoms with Gasteiger partial charge in [-0.25, -0.2) is 0 Å². The topological polar surface area (TPSA) is 21.3 Å². The molecule has 0 saturated heterocycles. The van der Waals surface area contributed by atoms with Crippen molar-refractivity contribution in [2.45, 2.75) is 6.54 Å². The molecule has 3 heteroatoms. The Morgan fingerprint density at radius 2 is 2.00 bits per heavy atom. The first kappa shape index (κ1) is 12.6. The summed E-state index contributed by atoms with van der Waals surface area (Å²) >= 11 is 1.93. The zero-order valence-electron chi connectivity index (χ0n) is 9.24. The monoisotopic (exact) mass is 225 g/mol. The molecule has 0 atom stereocenters. The van der Waals surface area contributed by atoms with Gasteiger partial charge >= 0.3 is 0 Å². The first-order chi connectivity index (χ1) is 7.43. The molecule has 15 heavy (non-hydrogen) atoms. The van der Waals surface area contributed by atoms with Crippen LogP contribution in [0.5, 0.6) is 0 Å². The van der Waals surface area contributed by atoms with E-state index in [2.05, 4.69) is 29.6 Å². The molecule has 1 N–H and O–H groups in total. The van der Waals surface area contributed by atoms with Gasteiger partial charge in [0.2, 0.25) is 0 Å². The minimum absolute atomic E-state index is 0.851. The SMILES string of the molecule is COCCSCCNCc1ccccc1. The van der Waals surface area contributed by atoms with E-state index in [0.29, 0.717) is 0 Å². The van der Waals surface area contributed by atoms with Crippen molar-refractivity contribution in [3.63, 3.8) is 0 Å². The zero-order chi connectivity index (χ0) is 10.8. The third-order valence-corrected chi connectivity index (χ3v) is 2.98. The van der Waals surface area contributed by atoms with Crippen LogP contribution in [0.2, 0.25) is 0 Å². The number of rotatable bonds is 8. The fourth-order valence-electron chi connectivity index (χ4n) is 1.22. The number of nitrogens with one attached hydrogen (secondary N) is 1. The van der Waals surface area contributed by atoms with Crippen LogP contribution < -0.4 is 5.32 Å². The van der Waals surface area contributed by atoms with E-state index in [4.69, 9.17) is 4.74 Å². The largest absolute Gasteiger partial charge is 0.384 e. The zero-order valence-corrected chi connectivity index (χ0v) is 10.1. The lowest BCUT2D eigenvalue weighted by Gasteiger charge is -2.04. The van der Waals surface area contributed by atoms with Gasteiger partial charge in [-0.1, -0.05) is 30.3 Å². The van der Waals surface area contributed by atoms with Crippen LogP contribution in [0.25, 0.3) is 0 Å². The van der Waals surface area contributed by atoms with Crippen LogP contribution in [0.3, 0.4) is 0 Å². The third-order valence-electron chi connectivity index (χ3n) is 2.03. The Bertz CT molecular complexity index is 241. The molecule has 0 unspecified atom stereocenters. The van der Waals surface area contributed by atoms with Crippen LogP contribution in [-0.2, 0) is 11.3 Å². The molecule has 0 fully saturated rings. The second-order valence-corrected chi connectivity index (χ2v) is 4.49. The van der Waals surface area contributed by atoms with Crippen LogP contribution in [0.1, 0.15) is 5.56 Å². The highest BCUT2D eigenvalue weighted by atomic mass is 32.2. The van der Waals surface area contributed by atoms with Crippen molar-refractivity contribution in [2.24, 2.45) is 0 Å². The molecule has 0 saturated carbocycles. The molecule has 0 spiro atoms. The number of thioether (sulfide) groups is 1. The molecule has 0 radical (unpaired) electrons. The van der Waals surface area contributed by atoms with Gasteiger partial charge in [0.1, 0.15) is 0 Å². The smallest absolute Gasteiger partial charge is 0.0552 e. The Morgan fingerprint density at radius 1 is 1.20 bits per heavy atom. The van der Waals surface area contributed by atoms with Gasteiger partial charge in [0.15, 0.2) is 0 Å². The number of ether oxygens (including phenoxy) is 1. The van der Waals surface area contributed by atoms with Crippen molar-refractivity contribution in [2.75, 3.05) is 31.8 Å². The highest BCUT2D eigenvalue weighted by Gasteiger charge is 1.91. The molecule has 0 heterocycles. The minimum Gasteiger partial charge on any atom is -0.384 e. The first-order valence-corrected chi connectivity index (χ1v) is 6.40. The second-order valence-electron chi connectivity index (χ2n) is 3.27. The Balaban J connectivity index is 1.93. The van der Waals surface area contributed by atoms with Gasteiger partial charge in [-0.15, -0.1) is 0 Å². The highest BCUT2D eigenvalue weighted by Crippen LogP contribution is 1.99. The maximum Gasteiger partial charge on any atom is 0.0552 e. The van der Waals surface area contributed by atoms with E-state index < -0.39 is 0 Å². The van der Waals surface area contributed by atoms with Crippen molar-refractivity contribution in [3.8, 4) is 0 Å². The average Bonchev–Trinajstić information content (AvgIpc) is 2.29. The molecule has 0 aliphatic carbocycles. The molecule has 1 aromatic carbocycles. The summed E-state index contributed by atoms with van der Waals surface area (Å²) in [6.45, 7) is 2.87. The molecule has 1 rings (SSSR count). The van der Waals surface area contributed by atoms with E-state index in [1.807, 2.05) is 17.8 Å². The van der Waals surface area contributed by atoms with Crippen LogP contribution in [0, 0.1) is 0 Å². The van der Waals surface area contributed by atoms with E-state index in [1.54, 1.807) is 7.11 Å². The van der Waals surface area contributed by atoms with Gasteiger partial charge in [0, 0.05) is 31.7 Å². The van der Waals surface area contributed by atoms with Gasteiger partial charge in [-0.3, -0.25) is 0 Å². The van der Waals surface area contributed by atoms with E-state index >= 15 is 0 Å². The van der Waals surface area contributed by atoms with Crippen molar-refractivity contribution in [1.29, 1.82) is 0 Å². The molecular formula is C12H19NOS. The van der Waals surface area contributed by atoms with Crippen molar-refractivity contribution in [3.05, 3.63) is 35.9 Å². The summed E-state index contributed by atoms with van der Waals surface area (Å²) in [4.78, 5) is 0. The van der Waals surface area contributed by atoms with Gasteiger partial charge < -0.3 is 10.1 Å². The summed E-state index contributed by atoms with van der Waals surface area (Å²) in [6.07, 6.45) is 0. The van der Waals surface area contributed by atoms with Gasteiger partial charge in [-0.05, 0) is 5.56 Å². The van der Waals surface area contributed by atoms with Crippen LogP contribution in [0.4, 0.5) is 0 Å². The Labute approximate surface area is 96.4 Å². The molecule has 0 aromatic heterocycles. The standard InChI is InChI=1S/C12H19NOS/c1-14-8-10-15-9-7-13-11-12-5-3-2-4-6-12/h2-6,13H,7-11H2,1H3. The normalized spacial score (nSPS) is 10.5. The van der Waals surface area contributed by atoms with Gasteiger partial charge in [0.25, 0.3) is 0 Å². The highest BCUT2D eigenvalue weighted by molar-refractivity contribution is 7.99. The quantitative estimate of drug-likeness (QED) is 0.685.